The molecule has 0 N–H and O–H groups in total. The molecule has 2 aliphatic heterocycles. The molecule has 2 heterocycles. The molecule has 7 heteroatoms. The number of nitrogens with zero attached hydrogens (tertiary/aromatic N) is 3. The predicted octanol–water partition coefficient (Wildman–Crippen LogP) is 3.01. The Morgan fingerprint density at radius 1 is 0.844 bits per heavy atom. The van der Waals surface area contributed by atoms with Gasteiger partial charge in [-0.3, -0.25) is 9.59 Å². The zero-order chi connectivity index (χ0) is 22.8. The quantitative estimate of drug-likeness (QED) is 0.650. The Labute approximate surface area is 188 Å². The molecule has 0 aromatic heterocycles. The summed E-state index contributed by atoms with van der Waals surface area (Å²) >= 11 is 0. The van der Waals surface area contributed by atoms with Crippen molar-refractivity contribution in [2.75, 3.05) is 45.2 Å². The van der Waals surface area contributed by atoms with Gasteiger partial charge in [-0.15, -0.1) is 0 Å². The fraction of sp³-hybridized carbons (Fsp3) is 0.360. The molecule has 32 heavy (non-hydrogen) atoms. The Balaban J connectivity index is 1.85. The van der Waals surface area contributed by atoms with Gasteiger partial charge >= 0.3 is 0 Å². The minimum absolute atomic E-state index is 0.0947. The average molecular weight is 436 g/mol. The van der Waals surface area contributed by atoms with E-state index in [4.69, 9.17) is 9.47 Å². The summed E-state index contributed by atoms with van der Waals surface area (Å²) in [6.45, 7) is 6.80. The van der Waals surface area contributed by atoms with Gasteiger partial charge in [-0.2, -0.15) is 0 Å². The summed E-state index contributed by atoms with van der Waals surface area (Å²) < 4.78 is 11.5. The van der Waals surface area contributed by atoms with Gasteiger partial charge in [0.15, 0.2) is 0 Å². The molecule has 2 aromatic rings. The lowest BCUT2D eigenvalue weighted by Gasteiger charge is -2.34. The molecule has 0 bridgehead atoms. The molecule has 0 spiro atoms. The van der Waals surface area contributed by atoms with E-state index in [2.05, 4.69) is 11.9 Å². The maximum Gasteiger partial charge on any atom is 0.282 e. The number of benzene rings is 2. The number of ether oxygens (including phenoxy) is 2. The monoisotopic (exact) mass is 435 g/mol. The van der Waals surface area contributed by atoms with Crippen LogP contribution in [0.4, 0.5) is 5.69 Å². The lowest BCUT2D eigenvalue weighted by molar-refractivity contribution is -0.120. The van der Waals surface area contributed by atoms with E-state index >= 15 is 0 Å². The summed E-state index contributed by atoms with van der Waals surface area (Å²) in [5.41, 5.74) is 1.86. The van der Waals surface area contributed by atoms with Crippen LogP contribution in [-0.4, -0.2) is 68.1 Å². The molecular formula is C25H29N3O4. The minimum atomic E-state index is -0.367. The van der Waals surface area contributed by atoms with Gasteiger partial charge in [-0.05, 0) is 39.1 Å². The van der Waals surface area contributed by atoms with Crippen molar-refractivity contribution in [1.29, 1.82) is 0 Å². The molecule has 1 saturated heterocycles. The number of amides is 2. The van der Waals surface area contributed by atoms with Crippen molar-refractivity contribution in [3.63, 3.8) is 0 Å². The van der Waals surface area contributed by atoms with Crippen LogP contribution in [-0.2, 0) is 9.59 Å². The Bertz CT molecular complexity index is 1050. The van der Waals surface area contributed by atoms with Crippen molar-refractivity contribution < 1.29 is 19.1 Å². The van der Waals surface area contributed by atoms with Crippen molar-refractivity contribution in [2.45, 2.75) is 20.0 Å². The van der Waals surface area contributed by atoms with E-state index in [0.717, 1.165) is 13.1 Å². The van der Waals surface area contributed by atoms with E-state index in [0.29, 0.717) is 47.1 Å². The normalized spacial score (nSPS) is 17.5. The molecule has 0 radical (unpaired) electrons. The van der Waals surface area contributed by atoms with Gasteiger partial charge in [0.25, 0.3) is 11.8 Å². The predicted molar refractivity (Wildman–Crippen MR) is 124 cm³/mol. The number of para-hydroxylation sites is 3. The largest absolute Gasteiger partial charge is 0.496 e. The molecule has 0 atom stereocenters. The van der Waals surface area contributed by atoms with Crippen LogP contribution in [0.5, 0.6) is 11.5 Å². The molecule has 7 nitrogen and oxygen atoms in total. The lowest BCUT2D eigenvalue weighted by atomic mass is 10.0. The summed E-state index contributed by atoms with van der Waals surface area (Å²) in [4.78, 5) is 33.1. The minimum Gasteiger partial charge on any atom is -0.496 e. The van der Waals surface area contributed by atoms with Gasteiger partial charge in [0.05, 0.1) is 24.5 Å². The zero-order valence-corrected chi connectivity index (χ0v) is 19.0. The fourth-order valence-electron chi connectivity index (χ4n) is 4.15. The van der Waals surface area contributed by atoms with Crippen LogP contribution >= 0.6 is 0 Å². The number of piperazine rings is 1. The highest BCUT2D eigenvalue weighted by molar-refractivity contribution is 6.46. The molecule has 168 valence electrons. The highest BCUT2D eigenvalue weighted by atomic mass is 16.5. The van der Waals surface area contributed by atoms with E-state index in [9.17, 15) is 9.59 Å². The summed E-state index contributed by atoms with van der Waals surface area (Å²) in [7, 11) is 3.62. The molecule has 2 amide bonds. The Kier molecular flexibility index (Phi) is 6.19. The van der Waals surface area contributed by atoms with E-state index in [-0.39, 0.29) is 17.9 Å². The second kappa shape index (κ2) is 9.04. The molecule has 4 rings (SSSR count). The Hall–Kier alpha value is -3.32. The lowest BCUT2D eigenvalue weighted by Crippen LogP contribution is -2.46. The van der Waals surface area contributed by atoms with Gasteiger partial charge in [0.1, 0.15) is 17.2 Å². The molecular weight excluding hydrogens is 406 g/mol. The van der Waals surface area contributed by atoms with Gasteiger partial charge in [0, 0.05) is 31.7 Å². The van der Waals surface area contributed by atoms with E-state index < -0.39 is 0 Å². The van der Waals surface area contributed by atoms with Crippen LogP contribution in [0.3, 0.4) is 0 Å². The van der Waals surface area contributed by atoms with Gasteiger partial charge in [0.2, 0.25) is 0 Å². The SMILES string of the molecule is COc1ccccc1C1=C(N2CCN(C)CC2)C(=O)N(c2ccccc2OC(C)C)C1=O. The second-order valence-corrected chi connectivity index (χ2v) is 8.29. The first kappa shape index (κ1) is 21.9. The third kappa shape index (κ3) is 3.96. The molecule has 0 unspecified atom stereocenters. The number of rotatable bonds is 6. The van der Waals surface area contributed by atoms with Crippen molar-refractivity contribution >= 4 is 23.1 Å². The van der Waals surface area contributed by atoms with E-state index in [1.807, 2.05) is 43.0 Å². The van der Waals surface area contributed by atoms with Gasteiger partial charge in [-0.1, -0.05) is 30.3 Å². The Morgan fingerprint density at radius 2 is 1.47 bits per heavy atom. The second-order valence-electron chi connectivity index (χ2n) is 8.29. The standard InChI is InChI=1S/C25H29N3O4/c1-17(2)32-21-12-8-6-10-19(21)28-24(29)22(18-9-5-7-11-20(18)31-4)23(25(28)30)27-15-13-26(3)14-16-27/h5-12,17H,13-16H2,1-4H3. The van der Waals surface area contributed by atoms with E-state index in [1.54, 1.807) is 31.4 Å². The highest BCUT2D eigenvalue weighted by Crippen LogP contribution is 2.41. The van der Waals surface area contributed by atoms with Gasteiger partial charge in [-0.25, -0.2) is 4.90 Å². The van der Waals surface area contributed by atoms with Crippen molar-refractivity contribution in [3.8, 4) is 11.5 Å². The van der Waals surface area contributed by atoms with Crippen LogP contribution < -0.4 is 14.4 Å². The topological polar surface area (TPSA) is 62.3 Å². The number of anilines is 1. The number of imide groups is 1. The third-order valence-electron chi connectivity index (χ3n) is 5.72. The first-order valence-corrected chi connectivity index (χ1v) is 10.9. The van der Waals surface area contributed by atoms with Crippen molar-refractivity contribution in [1.82, 2.24) is 9.80 Å². The molecule has 2 aliphatic rings. The average Bonchev–Trinajstić information content (AvgIpc) is 3.04. The van der Waals surface area contributed by atoms with Crippen LogP contribution in [0.2, 0.25) is 0 Å². The number of likely N-dealkylation sites (N-methyl/N-ethyl adjacent to an activating group) is 1. The fourth-order valence-corrected chi connectivity index (χ4v) is 4.15. The van der Waals surface area contributed by atoms with Crippen LogP contribution in [0.1, 0.15) is 19.4 Å². The summed E-state index contributed by atoms with van der Waals surface area (Å²) in [5, 5.41) is 0. The van der Waals surface area contributed by atoms with Crippen LogP contribution in [0.25, 0.3) is 5.57 Å². The number of hydrogen-bond acceptors (Lipinski definition) is 6. The summed E-state index contributed by atoms with van der Waals surface area (Å²) in [6.07, 6.45) is -0.0947. The molecule has 0 aliphatic carbocycles. The summed E-state index contributed by atoms with van der Waals surface area (Å²) in [6, 6.07) is 14.5. The first-order chi connectivity index (χ1) is 15.4. The number of carbonyl (C=O) groups excluding carboxylic acids is 2. The number of carbonyl (C=O) groups is 2. The zero-order valence-electron chi connectivity index (χ0n) is 19.0. The molecule has 2 aromatic carbocycles. The van der Waals surface area contributed by atoms with E-state index in [1.165, 1.54) is 4.90 Å². The number of hydrogen-bond donors (Lipinski definition) is 0. The highest BCUT2D eigenvalue weighted by Gasteiger charge is 2.44. The Morgan fingerprint density at radius 3 is 2.12 bits per heavy atom. The van der Waals surface area contributed by atoms with Crippen LogP contribution in [0, 0.1) is 0 Å². The van der Waals surface area contributed by atoms with Gasteiger partial charge < -0.3 is 19.3 Å². The van der Waals surface area contributed by atoms with Crippen LogP contribution in [0.15, 0.2) is 54.2 Å². The van der Waals surface area contributed by atoms with Crippen molar-refractivity contribution in [2.24, 2.45) is 0 Å². The summed E-state index contributed by atoms with van der Waals surface area (Å²) in [5.74, 6) is 0.362. The molecule has 0 saturated carbocycles. The third-order valence-corrected chi connectivity index (χ3v) is 5.72. The first-order valence-electron chi connectivity index (χ1n) is 10.9. The maximum atomic E-state index is 13.8. The molecule has 1 fully saturated rings. The smallest absolute Gasteiger partial charge is 0.282 e. The number of methoxy groups -OCH3 is 1. The maximum absolute atomic E-state index is 13.8. The van der Waals surface area contributed by atoms with Crippen molar-refractivity contribution in [3.05, 3.63) is 59.8 Å².